The van der Waals surface area contributed by atoms with Crippen molar-refractivity contribution in [1.29, 1.82) is 0 Å². The Morgan fingerprint density at radius 1 is 1.64 bits per heavy atom. The number of aliphatic imine (C=N–C) groups is 1. The fraction of sp³-hybridized carbons (Fsp3) is 0.375. The lowest BCUT2D eigenvalue weighted by Gasteiger charge is -2.23. The maximum Gasteiger partial charge on any atom is 0.126 e. The molecular formula is C8H11N3. The second kappa shape index (κ2) is 2.42. The maximum atomic E-state index is 4.23. The van der Waals surface area contributed by atoms with Crippen LogP contribution in [0.25, 0.3) is 0 Å². The molecule has 3 heteroatoms. The standard InChI is InChI=1S/C8H11N3/c1-6-2-3-7-8(11-6)10-5-4-9-7/h2-4,6,10-11H,5H2,1H3. The summed E-state index contributed by atoms with van der Waals surface area (Å²) in [7, 11) is 0. The van der Waals surface area contributed by atoms with Crippen molar-refractivity contribution in [2.45, 2.75) is 13.0 Å². The van der Waals surface area contributed by atoms with Gasteiger partial charge >= 0.3 is 0 Å². The van der Waals surface area contributed by atoms with Gasteiger partial charge in [-0.15, -0.1) is 0 Å². The second-order valence-corrected chi connectivity index (χ2v) is 2.74. The van der Waals surface area contributed by atoms with E-state index < -0.39 is 0 Å². The van der Waals surface area contributed by atoms with Crippen LogP contribution < -0.4 is 10.6 Å². The highest BCUT2D eigenvalue weighted by Crippen LogP contribution is 2.11. The van der Waals surface area contributed by atoms with E-state index in [9.17, 15) is 0 Å². The summed E-state index contributed by atoms with van der Waals surface area (Å²) in [6.45, 7) is 2.94. The van der Waals surface area contributed by atoms with Crippen LogP contribution in [0.3, 0.4) is 0 Å². The smallest absolute Gasteiger partial charge is 0.126 e. The molecule has 58 valence electrons. The lowest BCUT2D eigenvalue weighted by Crippen LogP contribution is -2.37. The van der Waals surface area contributed by atoms with Crippen molar-refractivity contribution < 1.29 is 0 Å². The van der Waals surface area contributed by atoms with Crippen LogP contribution in [-0.4, -0.2) is 18.8 Å². The van der Waals surface area contributed by atoms with Gasteiger partial charge in [0.25, 0.3) is 0 Å². The van der Waals surface area contributed by atoms with Gasteiger partial charge in [-0.3, -0.25) is 4.99 Å². The van der Waals surface area contributed by atoms with Gasteiger partial charge in [0.15, 0.2) is 0 Å². The van der Waals surface area contributed by atoms with Crippen molar-refractivity contribution in [3.8, 4) is 0 Å². The van der Waals surface area contributed by atoms with Crippen LogP contribution >= 0.6 is 0 Å². The average molecular weight is 149 g/mol. The van der Waals surface area contributed by atoms with Gasteiger partial charge in [0.05, 0.1) is 6.54 Å². The Balaban J connectivity index is 2.27. The van der Waals surface area contributed by atoms with Crippen molar-refractivity contribution in [3.05, 3.63) is 23.7 Å². The number of rotatable bonds is 0. The first-order valence-corrected chi connectivity index (χ1v) is 3.81. The molecule has 0 aromatic carbocycles. The Kier molecular flexibility index (Phi) is 1.42. The molecule has 0 aromatic heterocycles. The Morgan fingerprint density at radius 3 is 3.45 bits per heavy atom. The normalized spacial score (nSPS) is 27.5. The Bertz CT molecular complexity index is 250. The third-order valence-corrected chi connectivity index (χ3v) is 1.77. The third-order valence-electron chi connectivity index (χ3n) is 1.77. The van der Waals surface area contributed by atoms with Crippen molar-refractivity contribution in [2.24, 2.45) is 4.99 Å². The molecule has 1 atom stereocenters. The van der Waals surface area contributed by atoms with Crippen LogP contribution in [0.4, 0.5) is 0 Å². The Morgan fingerprint density at radius 2 is 2.55 bits per heavy atom. The van der Waals surface area contributed by atoms with Gasteiger partial charge < -0.3 is 10.6 Å². The van der Waals surface area contributed by atoms with Gasteiger partial charge in [0.2, 0.25) is 0 Å². The number of hydrogen-bond acceptors (Lipinski definition) is 3. The zero-order valence-electron chi connectivity index (χ0n) is 6.46. The quantitative estimate of drug-likeness (QED) is 0.522. The van der Waals surface area contributed by atoms with Crippen molar-refractivity contribution in [2.75, 3.05) is 6.54 Å². The average Bonchev–Trinajstić information content (AvgIpc) is 2.04. The predicted molar refractivity (Wildman–Crippen MR) is 45.3 cm³/mol. The van der Waals surface area contributed by atoms with E-state index in [-0.39, 0.29) is 0 Å². The molecule has 0 spiro atoms. The predicted octanol–water partition coefficient (Wildman–Crippen LogP) is 0.377. The summed E-state index contributed by atoms with van der Waals surface area (Å²) >= 11 is 0. The molecule has 2 N–H and O–H groups in total. The van der Waals surface area contributed by atoms with Crippen molar-refractivity contribution >= 4 is 6.21 Å². The highest BCUT2D eigenvalue weighted by atomic mass is 15.1. The van der Waals surface area contributed by atoms with E-state index in [1.54, 1.807) is 0 Å². The minimum Gasteiger partial charge on any atom is -0.365 e. The highest BCUT2D eigenvalue weighted by Gasteiger charge is 2.12. The fourth-order valence-corrected chi connectivity index (χ4v) is 1.21. The molecule has 11 heavy (non-hydrogen) atoms. The first-order chi connectivity index (χ1) is 5.36. The van der Waals surface area contributed by atoms with E-state index in [2.05, 4.69) is 28.6 Å². The number of nitrogens with one attached hydrogen (secondary N) is 2. The zero-order valence-corrected chi connectivity index (χ0v) is 6.46. The van der Waals surface area contributed by atoms with Gasteiger partial charge in [-0.05, 0) is 13.0 Å². The van der Waals surface area contributed by atoms with Crippen LogP contribution in [0.5, 0.6) is 0 Å². The largest absolute Gasteiger partial charge is 0.365 e. The molecule has 2 heterocycles. The van der Waals surface area contributed by atoms with E-state index in [0.717, 1.165) is 18.1 Å². The minimum atomic E-state index is 0.412. The Labute approximate surface area is 65.9 Å². The van der Waals surface area contributed by atoms with E-state index >= 15 is 0 Å². The summed E-state index contributed by atoms with van der Waals surface area (Å²) in [6.07, 6.45) is 6.02. The van der Waals surface area contributed by atoms with E-state index in [1.165, 1.54) is 0 Å². The van der Waals surface area contributed by atoms with Crippen LogP contribution in [-0.2, 0) is 0 Å². The van der Waals surface area contributed by atoms with Crippen LogP contribution in [0, 0.1) is 0 Å². The lowest BCUT2D eigenvalue weighted by molar-refractivity contribution is 0.643. The van der Waals surface area contributed by atoms with Gasteiger partial charge in [-0.2, -0.15) is 0 Å². The SMILES string of the molecule is CC1C=CC2=C(NCC=N2)N1. The van der Waals surface area contributed by atoms with Crippen molar-refractivity contribution in [1.82, 2.24) is 10.6 Å². The van der Waals surface area contributed by atoms with Crippen LogP contribution in [0.1, 0.15) is 6.92 Å². The molecule has 2 aliphatic rings. The zero-order chi connectivity index (χ0) is 7.68. The molecule has 0 saturated heterocycles. The molecular weight excluding hydrogens is 138 g/mol. The number of hydrogen-bond donors (Lipinski definition) is 2. The highest BCUT2D eigenvalue weighted by molar-refractivity contribution is 5.64. The molecule has 0 saturated carbocycles. The van der Waals surface area contributed by atoms with Crippen LogP contribution in [0.2, 0.25) is 0 Å². The molecule has 0 radical (unpaired) electrons. The summed E-state index contributed by atoms with van der Waals surface area (Å²) in [5.74, 6) is 1.06. The summed E-state index contributed by atoms with van der Waals surface area (Å²) in [6, 6.07) is 0.412. The van der Waals surface area contributed by atoms with Gasteiger partial charge in [0, 0.05) is 12.3 Å². The van der Waals surface area contributed by atoms with Gasteiger partial charge in [0.1, 0.15) is 11.5 Å². The summed E-state index contributed by atoms with van der Waals surface area (Å²) in [5, 5.41) is 6.51. The third kappa shape index (κ3) is 1.13. The summed E-state index contributed by atoms with van der Waals surface area (Å²) < 4.78 is 0. The minimum absolute atomic E-state index is 0.412. The van der Waals surface area contributed by atoms with Crippen molar-refractivity contribution in [3.63, 3.8) is 0 Å². The monoisotopic (exact) mass is 149 g/mol. The molecule has 3 nitrogen and oxygen atoms in total. The molecule has 0 amide bonds. The summed E-state index contributed by atoms with van der Waals surface area (Å²) in [4.78, 5) is 4.23. The Hall–Kier alpha value is -1.25. The maximum absolute atomic E-state index is 4.23. The van der Waals surface area contributed by atoms with E-state index in [0.29, 0.717) is 6.04 Å². The number of allylic oxidation sites excluding steroid dienone is 1. The molecule has 0 bridgehead atoms. The second-order valence-electron chi connectivity index (χ2n) is 2.74. The fourth-order valence-electron chi connectivity index (χ4n) is 1.21. The van der Waals surface area contributed by atoms with Gasteiger partial charge in [-0.25, -0.2) is 0 Å². The molecule has 1 unspecified atom stereocenters. The first-order valence-electron chi connectivity index (χ1n) is 3.81. The molecule has 2 rings (SSSR count). The van der Waals surface area contributed by atoms with E-state index in [1.807, 2.05) is 12.3 Å². The topological polar surface area (TPSA) is 36.4 Å². The number of dihydropyridines is 1. The number of nitrogens with zero attached hydrogens (tertiary/aromatic N) is 1. The van der Waals surface area contributed by atoms with Gasteiger partial charge in [-0.1, -0.05) is 6.08 Å². The van der Waals surface area contributed by atoms with Crippen LogP contribution in [0.15, 0.2) is 28.7 Å². The van der Waals surface area contributed by atoms with E-state index in [4.69, 9.17) is 0 Å². The molecule has 0 aromatic rings. The lowest BCUT2D eigenvalue weighted by atomic mass is 10.2. The summed E-state index contributed by atoms with van der Waals surface area (Å²) in [5.41, 5.74) is 1.01. The first kappa shape index (κ1) is 6.46. The molecule has 2 aliphatic heterocycles. The molecule has 0 aliphatic carbocycles. The molecule has 0 fully saturated rings.